The predicted octanol–water partition coefficient (Wildman–Crippen LogP) is 4.36. The molecule has 20 heavy (non-hydrogen) atoms. The van der Waals surface area contributed by atoms with E-state index < -0.39 is 0 Å². The van der Waals surface area contributed by atoms with Gasteiger partial charge in [-0.3, -0.25) is 0 Å². The molecule has 0 radical (unpaired) electrons. The van der Waals surface area contributed by atoms with Crippen molar-refractivity contribution in [3.63, 3.8) is 0 Å². The van der Waals surface area contributed by atoms with Crippen molar-refractivity contribution in [1.29, 1.82) is 0 Å². The van der Waals surface area contributed by atoms with E-state index in [1.54, 1.807) is 11.1 Å². The van der Waals surface area contributed by atoms with Gasteiger partial charge in [0.05, 0.1) is 0 Å². The van der Waals surface area contributed by atoms with E-state index in [9.17, 15) is 0 Å². The Bertz CT molecular complexity index is 635. The van der Waals surface area contributed by atoms with Crippen LogP contribution in [-0.4, -0.2) is 6.04 Å². The van der Waals surface area contributed by atoms with Gasteiger partial charge in [0.15, 0.2) is 0 Å². The van der Waals surface area contributed by atoms with Crippen LogP contribution in [0, 0.1) is 11.8 Å². The Kier molecular flexibility index (Phi) is 3.24. The largest absolute Gasteiger partial charge is 0.327 e. The number of hydrogen-bond acceptors (Lipinski definition) is 2. The minimum atomic E-state index is 0.307. The van der Waals surface area contributed by atoms with Gasteiger partial charge < -0.3 is 5.73 Å². The summed E-state index contributed by atoms with van der Waals surface area (Å²) in [5.74, 6) is 2.26. The van der Waals surface area contributed by atoms with Gasteiger partial charge >= 0.3 is 0 Å². The Morgan fingerprint density at radius 3 is 3.00 bits per heavy atom. The molecule has 1 saturated carbocycles. The summed E-state index contributed by atoms with van der Waals surface area (Å²) >= 11 is 5.34. The molecule has 4 atom stereocenters. The molecule has 3 heteroatoms. The third kappa shape index (κ3) is 2.16. The number of nitrogens with two attached hydrogens (primary N) is 1. The van der Waals surface area contributed by atoms with Gasteiger partial charge in [-0.25, -0.2) is 0 Å². The molecule has 0 saturated heterocycles. The van der Waals surface area contributed by atoms with Crippen molar-refractivity contribution in [3.8, 4) is 0 Å². The van der Waals surface area contributed by atoms with E-state index in [-0.39, 0.29) is 0 Å². The molecule has 1 aromatic carbocycles. The SMILES string of the molecule is NC(Cc1cc(Br)cs1)C1C2CCc3ccccc3C21. The summed E-state index contributed by atoms with van der Waals surface area (Å²) in [4.78, 5) is 1.40. The van der Waals surface area contributed by atoms with Crippen LogP contribution >= 0.6 is 27.3 Å². The summed E-state index contributed by atoms with van der Waals surface area (Å²) < 4.78 is 1.18. The highest BCUT2D eigenvalue weighted by Gasteiger charge is 2.55. The van der Waals surface area contributed by atoms with Gasteiger partial charge in [-0.1, -0.05) is 24.3 Å². The monoisotopic (exact) mass is 347 g/mol. The third-order valence-corrected chi connectivity index (χ3v) is 6.66. The van der Waals surface area contributed by atoms with Crippen molar-refractivity contribution in [2.45, 2.75) is 31.2 Å². The lowest BCUT2D eigenvalue weighted by atomic mass is 9.92. The van der Waals surface area contributed by atoms with Gasteiger partial charge in [0, 0.05) is 20.8 Å². The quantitative estimate of drug-likeness (QED) is 0.877. The second kappa shape index (κ2) is 4.97. The van der Waals surface area contributed by atoms with Crippen LogP contribution in [-0.2, 0) is 12.8 Å². The van der Waals surface area contributed by atoms with Gasteiger partial charge in [-0.15, -0.1) is 11.3 Å². The average Bonchev–Trinajstić information content (AvgIpc) is 3.08. The summed E-state index contributed by atoms with van der Waals surface area (Å²) in [5, 5.41) is 2.15. The molecule has 1 nitrogen and oxygen atoms in total. The minimum Gasteiger partial charge on any atom is -0.327 e. The zero-order valence-electron chi connectivity index (χ0n) is 11.3. The van der Waals surface area contributed by atoms with Crippen LogP contribution in [0.2, 0.25) is 0 Å². The maximum Gasteiger partial charge on any atom is 0.0285 e. The molecule has 1 heterocycles. The second-order valence-electron chi connectivity index (χ2n) is 6.10. The van der Waals surface area contributed by atoms with E-state index in [0.29, 0.717) is 12.0 Å². The first-order chi connectivity index (χ1) is 9.74. The van der Waals surface area contributed by atoms with Crippen LogP contribution < -0.4 is 5.73 Å². The number of fused-ring (bicyclic) bond motifs is 3. The van der Waals surface area contributed by atoms with Crippen LogP contribution in [0.15, 0.2) is 40.2 Å². The lowest BCUT2D eigenvalue weighted by Gasteiger charge is -2.13. The van der Waals surface area contributed by atoms with Crippen molar-refractivity contribution in [2.24, 2.45) is 17.6 Å². The minimum absolute atomic E-state index is 0.307. The maximum absolute atomic E-state index is 6.53. The number of aryl methyl sites for hydroxylation is 1. The number of hydrogen-bond donors (Lipinski definition) is 1. The molecular weight excluding hydrogens is 330 g/mol. The van der Waals surface area contributed by atoms with E-state index in [2.05, 4.69) is 51.6 Å². The molecule has 104 valence electrons. The van der Waals surface area contributed by atoms with Crippen molar-refractivity contribution >= 4 is 27.3 Å². The summed E-state index contributed by atoms with van der Waals surface area (Å²) in [6.45, 7) is 0. The fraction of sp³-hybridized carbons (Fsp3) is 0.412. The van der Waals surface area contributed by atoms with E-state index in [1.165, 1.54) is 22.2 Å². The smallest absolute Gasteiger partial charge is 0.0285 e. The van der Waals surface area contributed by atoms with Gasteiger partial charge in [0.1, 0.15) is 0 Å². The first-order valence-corrected chi connectivity index (χ1v) is 8.97. The summed E-state index contributed by atoms with van der Waals surface area (Å²) in [6.07, 6.45) is 3.59. The lowest BCUT2D eigenvalue weighted by molar-refractivity contribution is 0.534. The third-order valence-electron chi connectivity index (χ3n) is 4.94. The van der Waals surface area contributed by atoms with Crippen molar-refractivity contribution in [1.82, 2.24) is 0 Å². The normalized spacial score (nSPS) is 28.6. The topological polar surface area (TPSA) is 26.0 Å². The van der Waals surface area contributed by atoms with Crippen molar-refractivity contribution in [2.75, 3.05) is 0 Å². The number of rotatable bonds is 3. The molecule has 0 aliphatic heterocycles. The summed E-state index contributed by atoms with van der Waals surface area (Å²) in [6, 6.07) is 11.5. The van der Waals surface area contributed by atoms with Gasteiger partial charge in [-0.05, 0) is 70.1 Å². The Balaban J connectivity index is 1.52. The van der Waals surface area contributed by atoms with E-state index in [4.69, 9.17) is 5.73 Å². The Morgan fingerprint density at radius 2 is 2.20 bits per heavy atom. The highest BCUT2D eigenvalue weighted by Crippen LogP contribution is 2.61. The summed E-state index contributed by atoms with van der Waals surface area (Å²) in [7, 11) is 0. The number of benzene rings is 1. The van der Waals surface area contributed by atoms with Crippen molar-refractivity contribution < 1.29 is 0 Å². The van der Waals surface area contributed by atoms with E-state index >= 15 is 0 Å². The zero-order chi connectivity index (χ0) is 13.7. The number of halogens is 1. The molecule has 0 amide bonds. The number of thiophene rings is 1. The molecule has 4 rings (SSSR count). The lowest BCUT2D eigenvalue weighted by Crippen LogP contribution is -2.26. The first kappa shape index (κ1) is 13.1. The van der Waals surface area contributed by atoms with Crippen LogP contribution in [0.3, 0.4) is 0 Å². The fourth-order valence-electron chi connectivity index (χ4n) is 4.03. The molecule has 1 aromatic heterocycles. The van der Waals surface area contributed by atoms with Crippen LogP contribution in [0.25, 0.3) is 0 Å². The fourth-order valence-corrected chi connectivity index (χ4v) is 5.56. The molecule has 2 aromatic rings. The standard InChI is InChI=1S/C17H18BrNS/c18-11-7-12(20-9-11)8-15(19)17-14-6-5-10-3-1-2-4-13(10)16(14)17/h1-4,7,9,14-17H,5-6,8,19H2. The molecule has 0 spiro atoms. The first-order valence-electron chi connectivity index (χ1n) is 7.30. The maximum atomic E-state index is 6.53. The highest BCUT2D eigenvalue weighted by molar-refractivity contribution is 9.10. The molecule has 2 aliphatic carbocycles. The Morgan fingerprint density at radius 1 is 1.35 bits per heavy atom. The predicted molar refractivity (Wildman–Crippen MR) is 88.2 cm³/mol. The Hall–Kier alpha value is -0.640. The average molecular weight is 348 g/mol. The van der Waals surface area contributed by atoms with Crippen LogP contribution in [0.4, 0.5) is 0 Å². The molecule has 2 N–H and O–H groups in total. The molecule has 1 fully saturated rings. The second-order valence-corrected chi connectivity index (χ2v) is 8.02. The van der Waals surface area contributed by atoms with Gasteiger partial charge in [0.2, 0.25) is 0 Å². The molecule has 4 unspecified atom stereocenters. The van der Waals surface area contributed by atoms with E-state index in [1.807, 2.05) is 11.3 Å². The Labute approximate surface area is 132 Å². The highest BCUT2D eigenvalue weighted by atomic mass is 79.9. The molecule has 0 bridgehead atoms. The van der Waals surface area contributed by atoms with Crippen LogP contribution in [0.1, 0.15) is 28.3 Å². The van der Waals surface area contributed by atoms with Gasteiger partial charge in [0.25, 0.3) is 0 Å². The van der Waals surface area contributed by atoms with Crippen molar-refractivity contribution in [3.05, 3.63) is 56.2 Å². The van der Waals surface area contributed by atoms with Crippen LogP contribution in [0.5, 0.6) is 0 Å². The molecular formula is C17H18BrNS. The summed E-state index contributed by atoms with van der Waals surface area (Å²) in [5.41, 5.74) is 9.67. The zero-order valence-corrected chi connectivity index (χ0v) is 13.7. The van der Waals surface area contributed by atoms with E-state index in [0.717, 1.165) is 18.3 Å². The molecule has 2 aliphatic rings. The van der Waals surface area contributed by atoms with Gasteiger partial charge in [-0.2, -0.15) is 0 Å².